The Labute approximate surface area is 201 Å². The van der Waals surface area contributed by atoms with Crippen LogP contribution in [0.2, 0.25) is 0 Å². The fourth-order valence-electron chi connectivity index (χ4n) is 4.57. The number of aliphatic hydroxyl groups is 1. The second-order valence-corrected chi connectivity index (χ2v) is 8.74. The van der Waals surface area contributed by atoms with E-state index >= 15 is 0 Å². The van der Waals surface area contributed by atoms with E-state index in [1.165, 1.54) is 0 Å². The van der Waals surface area contributed by atoms with Crippen molar-refractivity contribution in [2.24, 2.45) is 0 Å². The first-order chi connectivity index (χ1) is 16.5. The first-order valence-corrected chi connectivity index (χ1v) is 11.6. The van der Waals surface area contributed by atoms with Crippen molar-refractivity contribution in [1.29, 1.82) is 0 Å². The van der Waals surface area contributed by atoms with Crippen molar-refractivity contribution in [2.75, 3.05) is 13.7 Å². The highest BCUT2D eigenvalue weighted by atomic mass is 16.3. The maximum atomic E-state index is 13.9. The molecule has 176 valence electrons. The van der Waals surface area contributed by atoms with E-state index in [1.54, 1.807) is 21.7 Å². The van der Waals surface area contributed by atoms with Crippen molar-refractivity contribution in [3.05, 3.63) is 108 Å². The number of urea groups is 1. The third-order valence-electron chi connectivity index (χ3n) is 6.63. The van der Waals surface area contributed by atoms with Crippen LogP contribution in [0.4, 0.5) is 4.79 Å². The van der Waals surface area contributed by atoms with Crippen molar-refractivity contribution in [1.82, 2.24) is 14.7 Å². The average molecular weight is 458 g/mol. The van der Waals surface area contributed by atoms with Crippen molar-refractivity contribution in [3.63, 3.8) is 0 Å². The molecule has 3 aromatic rings. The number of hydrogen-bond acceptors (Lipinski definition) is 3. The number of amides is 3. The Hall–Kier alpha value is -3.64. The molecule has 1 saturated heterocycles. The lowest BCUT2D eigenvalue weighted by atomic mass is 10.0. The Kier molecular flexibility index (Phi) is 7.28. The zero-order valence-corrected chi connectivity index (χ0v) is 19.6. The molecule has 0 spiro atoms. The molecule has 0 aromatic heterocycles. The lowest BCUT2D eigenvalue weighted by molar-refractivity contribution is -0.137. The van der Waals surface area contributed by atoms with Gasteiger partial charge in [0.2, 0.25) is 5.91 Å². The van der Waals surface area contributed by atoms with E-state index in [-0.39, 0.29) is 24.6 Å². The van der Waals surface area contributed by atoms with Crippen LogP contribution in [0.1, 0.15) is 29.7 Å². The van der Waals surface area contributed by atoms with E-state index in [1.807, 2.05) is 97.9 Å². The highest BCUT2D eigenvalue weighted by Gasteiger charge is 2.50. The second-order valence-electron chi connectivity index (χ2n) is 8.74. The summed E-state index contributed by atoms with van der Waals surface area (Å²) in [4.78, 5) is 32.4. The van der Waals surface area contributed by atoms with Crippen LogP contribution < -0.4 is 0 Å². The topological polar surface area (TPSA) is 64.1 Å². The summed E-state index contributed by atoms with van der Waals surface area (Å²) >= 11 is 0. The summed E-state index contributed by atoms with van der Waals surface area (Å²) < 4.78 is 0. The van der Waals surface area contributed by atoms with Gasteiger partial charge in [-0.05, 0) is 23.6 Å². The SMILES string of the molecule is C[C@@H](c1ccccc1)N(C)C(=O)[C@H]1[C@@H](CO)N(Cc2ccccc2)C(=O)N1Cc1ccccc1. The predicted molar refractivity (Wildman–Crippen MR) is 132 cm³/mol. The zero-order valence-electron chi connectivity index (χ0n) is 19.6. The van der Waals surface area contributed by atoms with Crippen LogP contribution in [0, 0.1) is 0 Å². The predicted octanol–water partition coefficient (Wildman–Crippen LogP) is 4.07. The first-order valence-electron chi connectivity index (χ1n) is 11.6. The number of benzene rings is 3. The molecule has 1 heterocycles. The molecule has 0 radical (unpaired) electrons. The van der Waals surface area contributed by atoms with Crippen LogP contribution in [-0.2, 0) is 17.9 Å². The minimum absolute atomic E-state index is 0.176. The normalized spacial score (nSPS) is 18.7. The van der Waals surface area contributed by atoms with E-state index in [9.17, 15) is 14.7 Å². The van der Waals surface area contributed by atoms with Crippen molar-refractivity contribution in [3.8, 4) is 0 Å². The molecule has 0 aliphatic carbocycles. The van der Waals surface area contributed by atoms with Gasteiger partial charge in [-0.15, -0.1) is 0 Å². The Balaban J connectivity index is 1.66. The van der Waals surface area contributed by atoms with Crippen LogP contribution in [0.3, 0.4) is 0 Å². The van der Waals surface area contributed by atoms with Gasteiger partial charge in [0.05, 0.1) is 18.7 Å². The number of carbonyl (C=O) groups is 2. The third-order valence-corrected chi connectivity index (χ3v) is 6.63. The largest absolute Gasteiger partial charge is 0.394 e. The average Bonchev–Trinajstić information content (AvgIpc) is 3.14. The minimum Gasteiger partial charge on any atom is -0.394 e. The van der Waals surface area contributed by atoms with Gasteiger partial charge in [-0.1, -0.05) is 91.0 Å². The molecular formula is C28H31N3O3. The van der Waals surface area contributed by atoms with Crippen molar-refractivity contribution >= 4 is 11.9 Å². The fraction of sp³-hybridized carbons (Fsp3) is 0.286. The summed E-state index contributed by atoms with van der Waals surface area (Å²) in [6, 6.07) is 27.3. The quantitative estimate of drug-likeness (QED) is 0.555. The maximum absolute atomic E-state index is 13.9. The Morgan fingerprint density at radius 1 is 0.853 bits per heavy atom. The molecule has 1 fully saturated rings. The Bertz CT molecular complexity index is 1090. The number of rotatable bonds is 8. The number of aliphatic hydroxyl groups excluding tert-OH is 1. The molecule has 0 unspecified atom stereocenters. The molecule has 3 aromatic carbocycles. The lowest BCUT2D eigenvalue weighted by Gasteiger charge is -2.33. The fourth-order valence-corrected chi connectivity index (χ4v) is 4.57. The summed E-state index contributed by atoms with van der Waals surface area (Å²) in [5.41, 5.74) is 2.90. The van der Waals surface area contributed by atoms with Crippen molar-refractivity contribution in [2.45, 2.75) is 38.1 Å². The molecule has 4 rings (SSSR count). The van der Waals surface area contributed by atoms with Gasteiger partial charge >= 0.3 is 6.03 Å². The number of hydrogen-bond donors (Lipinski definition) is 1. The number of nitrogens with zero attached hydrogens (tertiary/aromatic N) is 3. The molecule has 1 N–H and O–H groups in total. The maximum Gasteiger partial charge on any atom is 0.321 e. The molecule has 1 aliphatic rings. The van der Waals surface area contributed by atoms with E-state index in [2.05, 4.69) is 0 Å². The molecule has 34 heavy (non-hydrogen) atoms. The molecule has 3 amide bonds. The lowest BCUT2D eigenvalue weighted by Crippen LogP contribution is -2.51. The van der Waals surface area contributed by atoms with E-state index < -0.39 is 12.1 Å². The van der Waals surface area contributed by atoms with Gasteiger partial charge in [-0.2, -0.15) is 0 Å². The highest BCUT2D eigenvalue weighted by Crippen LogP contribution is 2.30. The number of likely N-dealkylation sites (N-methyl/N-ethyl adjacent to an activating group) is 1. The van der Waals surface area contributed by atoms with Crippen molar-refractivity contribution < 1.29 is 14.7 Å². The molecule has 6 nitrogen and oxygen atoms in total. The third kappa shape index (κ3) is 4.82. The van der Waals surface area contributed by atoms with Gasteiger partial charge in [0, 0.05) is 20.1 Å². The minimum atomic E-state index is -0.794. The zero-order chi connectivity index (χ0) is 24.1. The van der Waals surface area contributed by atoms with E-state index in [0.29, 0.717) is 13.1 Å². The van der Waals surface area contributed by atoms with Gasteiger partial charge in [0.25, 0.3) is 0 Å². The molecule has 1 aliphatic heterocycles. The molecule has 0 saturated carbocycles. The standard InChI is InChI=1S/C28H31N3O3/c1-21(24-16-10-5-11-17-24)29(2)27(33)26-25(20-32)30(18-22-12-6-3-7-13-22)28(34)31(26)19-23-14-8-4-9-15-23/h3-17,21,25-26,32H,18-20H2,1-2H3/t21-,25+,26+/m0/s1. The van der Waals surface area contributed by atoms with E-state index in [4.69, 9.17) is 0 Å². The van der Waals surface area contributed by atoms with Gasteiger partial charge in [0.1, 0.15) is 6.04 Å². The van der Waals surface area contributed by atoms with Crippen LogP contribution >= 0.6 is 0 Å². The van der Waals surface area contributed by atoms with Gasteiger partial charge in [-0.25, -0.2) is 4.79 Å². The van der Waals surface area contributed by atoms with Gasteiger partial charge in [-0.3, -0.25) is 4.79 Å². The van der Waals surface area contributed by atoms with Crippen LogP contribution in [0.25, 0.3) is 0 Å². The molecule has 6 heteroatoms. The Morgan fingerprint density at radius 2 is 1.32 bits per heavy atom. The summed E-state index contributed by atoms with van der Waals surface area (Å²) in [6.45, 7) is 2.30. The van der Waals surface area contributed by atoms with Gasteiger partial charge < -0.3 is 19.8 Å². The molecular weight excluding hydrogens is 426 g/mol. The summed E-state index contributed by atoms with van der Waals surface area (Å²) in [6.07, 6.45) is 0. The monoisotopic (exact) mass is 457 g/mol. The number of carbonyl (C=O) groups excluding carboxylic acids is 2. The van der Waals surface area contributed by atoms with Crippen LogP contribution in [0.15, 0.2) is 91.0 Å². The summed E-state index contributed by atoms with van der Waals surface area (Å²) in [5.74, 6) is -0.185. The summed E-state index contributed by atoms with van der Waals surface area (Å²) in [7, 11) is 1.76. The highest BCUT2D eigenvalue weighted by molar-refractivity contribution is 5.91. The van der Waals surface area contributed by atoms with Crippen LogP contribution in [0.5, 0.6) is 0 Å². The first kappa shape index (κ1) is 23.5. The van der Waals surface area contributed by atoms with Crippen LogP contribution in [-0.4, -0.2) is 57.5 Å². The van der Waals surface area contributed by atoms with Gasteiger partial charge in [0.15, 0.2) is 0 Å². The second kappa shape index (κ2) is 10.5. The summed E-state index contributed by atoms with van der Waals surface area (Å²) in [5, 5.41) is 10.4. The Morgan fingerprint density at radius 3 is 1.82 bits per heavy atom. The van der Waals surface area contributed by atoms with E-state index in [0.717, 1.165) is 16.7 Å². The smallest absolute Gasteiger partial charge is 0.321 e. The molecule has 3 atom stereocenters. The molecule has 0 bridgehead atoms.